The Kier molecular flexibility index (Phi) is 2.92. The second-order valence-corrected chi connectivity index (χ2v) is 6.47. The highest BCUT2D eigenvalue weighted by atomic mass is 79.9. The SMILES string of the molecule is CC(C)(C)C1(c2c[nH]c3ncc(Br)nc23)OCCO1. The molecule has 2 aromatic rings. The molecule has 0 amide bonds. The number of nitrogens with zero attached hydrogens (tertiary/aromatic N) is 2. The van der Waals surface area contributed by atoms with Gasteiger partial charge in [0.25, 0.3) is 0 Å². The first-order chi connectivity index (χ1) is 8.94. The fourth-order valence-corrected chi connectivity index (χ4v) is 2.81. The molecule has 0 aliphatic carbocycles. The second kappa shape index (κ2) is 4.26. The molecule has 0 unspecified atom stereocenters. The Morgan fingerprint density at radius 2 is 2.00 bits per heavy atom. The lowest BCUT2D eigenvalue weighted by atomic mass is 9.81. The fourth-order valence-electron chi connectivity index (χ4n) is 2.53. The number of aromatic amines is 1. The number of rotatable bonds is 1. The van der Waals surface area contributed by atoms with Crippen molar-refractivity contribution in [1.82, 2.24) is 15.0 Å². The number of ether oxygens (including phenoxy) is 2. The van der Waals surface area contributed by atoms with E-state index in [1.165, 1.54) is 0 Å². The molecule has 0 saturated carbocycles. The number of hydrogen-bond donors (Lipinski definition) is 1. The minimum absolute atomic E-state index is 0.206. The number of hydrogen-bond acceptors (Lipinski definition) is 4. The van der Waals surface area contributed by atoms with Crippen LogP contribution in [-0.2, 0) is 15.3 Å². The Morgan fingerprint density at radius 1 is 1.32 bits per heavy atom. The summed E-state index contributed by atoms with van der Waals surface area (Å²) in [5.74, 6) is -0.777. The first kappa shape index (κ1) is 13.0. The van der Waals surface area contributed by atoms with Crippen LogP contribution in [0.15, 0.2) is 17.0 Å². The van der Waals surface area contributed by atoms with Crippen LogP contribution < -0.4 is 0 Å². The normalized spacial score (nSPS) is 19.2. The zero-order valence-corrected chi connectivity index (χ0v) is 12.7. The van der Waals surface area contributed by atoms with Crippen molar-refractivity contribution in [3.8, 4) is 0 Å². The van der Waals surface area contributed by atoms with Gasteiger partial charge in [0.2, 0.25) is 5.79 Å². The highest BCUT2D eigenvalue weighted by molar-refractivity contribution is 9.10. The molecule has 19 heavy (non-hydrogen) atoms. The van der Waals surface area contributed by atoms with E-state index in [0.29, 0.717) is 17.8 Å². The molecule has 1 aliphatic heterocycles. The van der Waals surface area contributed by atoms with Gasteiger partial charge in [0.1, 0.15) is 10.1 Å². The summed E-state index contributed by atoms with van der Waals surface area (Å²) in [7, 11) is 0. The average Bonchev–Trinajstić information content (AvgIpc) is 2.92. The molecule has 5 nitrogen and oxygen atoms in total. The minimum Gasteiger partial charge on any atom is -0.344 e. The molecule has 3 heterocycles. The van der Waals surface area contributed by atoms with E-state index in [1.54, 1.807) is 6.20 Å². The molecule has 0 aromatic carbocycles. The molecule has 2 aromatic heterocycles. The molecule has 1 fully saturated rings. The first-order valence-corrected chi connectivity index (χ1v) is 7.01. The fraction of sp³-hybridized carbons (Fsp3) is 0.538. The third-order valence-electron chi connectivity index (χ3n) is 3.39. The van der Waals surface area contributed by atoms with Crippen molar-refractivity contribution >= 4 is 27.1 Å². The zero-order chi connectivity index (χ0) is 13.7. The van der Waals surface area contributed by atoms with Crippen LogP contribution in [0, 0.1) is 5.41 Å². The number of halogens is 1. The van der Waals surface area contributed by atoms with Crippen molar-refractivity contribution in [1.29, 1.82) is 0 Å². The lowest BCUT2D eigenvalue weighted by molar-refractivity contribution is -0.231. The van der Waals surface area contributed by atoms with Gasteiger partial charge in [0.05, 0.1) is 25.0 Å². The van der Waals surface area contributed by atoms with Gasteiger partial charge < -0.3 is 14.5 Å². The Morgan fingerprint density at radius 3 is 2.63 bits per heavy atom. The van der Waals surface area contributed by atoms with Crippen LogP contribution in [0.1, 0.15) is 26.3 Å². The summed E-state index contributed by atoms with van der Waals surface area (Å²) >= 11 is 3.36. The van der Waals surface area contributed by atoms with Crippen LogP contribution in [0.25, 0.3) is 11.2 Å². The van der Waals surface area contributed by atoms with E-state index >= 15 is 0 Å². The molecular formula is C13H16BrN3O2. The summed E-state index contributed by atoms with van der Waals surface area (Å²) in [5, 5.41) is 0. The van der Waals surface area contributed by atoms with E-state index in [1.807, 2.05) is 6.20 Å². The quantitative estimate of drug-likeness (QED) is 0.875. The molecule has 102 valence electrons. The van der Waals surface area contributed by atoms with Crippen molar-refractivity contribution in [2.24, 2.45) is 5.41 Å². The minimum atomic E-state index is -0.777. The molecule has 6 heteroatoms. The highest BCUT2D eigenvalue weighted by Gasteiger charge is 2.50. The maximum Gasteiger partial charge on any atom is 0.203 e. The summed E-state index contributed by atoms with van der Waals surface area (Å²) in [6.07, 6.45) is 3.55. The Hall–Kier alpha value is -0.980. The summed E-state index contributed by atoms with van der Waals surface area (Å²) in [4.78, 5) is 11.9. The zero-order valence-electron chi connectivity index (χ0n) is 11.2. The van der Waals surface area contributed by atoms with Gasteiger partial charge in [0, 0.05) is 11.6 Å². The summed E-state index contributed by atoms with van der Waals surface area (Å²) < 4.78 is 12.6. The lowest BCUT2D eigenvalue weighted by Gasteiger charge is -2.39. The summed E-state index contributed by atoms with van der Waals surface area (Å²) in [6.45, 7) is 7.48. The predicted molar refractivity (Wildman–Crippen MR) is 74.6 cm³/mol. The van der Waals surface area contributed by atoms with Crippen molar-refractivity contribution < 1.29 is 9.47 Å². The molecule has 0 spiro atoms. The number of nitrogens with one attached hydrogen (secondary N) is 1. The maximum absolute atomic E-state index is 5.97. The largest absolute Gasteiger partial charge is 0.344 e. The molecule has 0 bridgehead atoms. The molecule has 0 atom stereocenters. The Bertz CT molecular complexity index is 612. The van der Waals surface area contributed by atoms with Crippen LogP contribution in [0.3, 0.4) is 0 Å². The number of H-pyrrole nitrogens is 1. The van der Waals surface area contributed by atoms with Gasteiger partial charge >= 0.3 is 0 Å². The first-order valence-electron chi connectivity index (χ1n) is 6.22. The van der Waals surface area contributed by atoms with Crippen molar-refractivity contribution in [3.63, 3.8) is 0 Å². The third kappa shape index (κ3) is 1.89. The second-order valence-electron chi connectivity index (χ2n) is 5.66. The third-order valence-corrected chi connectivity index (χ3v) is 3.77. The molecule has 1 aliphatic rings. The predicted octanol–water partition coefficient (Wildman–Crippen LogP) is 2.97. The van der Waals surface area contributed by atoms with E-state index < -0.39 is 5.79 Å². The van der Waals surface area contributed by atoms with Gasteiger partial charge in [-0.05, 0) is 15.9 Å². The van der Waals surface area contributed by atoms with Gasteiger partial charge in [0.15, 0.2) is 5.65 Å². The van der Waals surface area contributed by atoms with Crippen LogP contribution in [0.2, 0.25) is 0 Å². The standard InChI is InChI=1S/C13H16BrN3O2/c1-12(2,3)13(18-4-5-19-13)8-6-15-11-10(8)17-9(14)7-16-11/h6-7H,4-5H2,1-3H3,(H,15,16). The van der Waals surface area contributed by atoms with E-state index in [0.717, 1.165) is 16.7 Å². The molecule has 3 rings (SSSR count). The molecule has 1 saturated heterocycles. The van der Waals surface area contributed by atoms with Crippen molar-refractivity contribution in [3.05, 3.63) is 22.6 Å². The summed E-state index contributed by atoms with van der Waals surface area (Å²) in [6, 6.07) is 0. The summed E-state index contributed by atoms with van der Waals surface area (Å²) in [5.41, 5.74) is 2.22. The van der Waals surface area contributed by atoms with Gasteiger partial charge in [-0.15, -0.1) is 0 Å². The van der Waals surface area contributed by atoms with Gasteiger partial charge in [-0.25, -0.2) is 9.97 Å². The highest BCUT2D eigenvalue weighted by Crippen LogP contribution is 2.47. The van der Waals surface area contributed by atoms with E-state index in [4.69, 9.17) is 9.47 Å². The van der Waals surface area contributed by atoms with Crippen LogP contribution >= 0.6 is 15.9 Å². The Balaban J connectivity index is 2.24. The van der Waals surface area contributed by atoms with E-state index in [2.05, 4.69) is 51.7 Å². The van der Waals surface area contributed by atoms with Gasteiger partial charge in [-0.1, -0.05) is 20.8 Å². The van der Waals surface area contributed by atoms with Crippen LogP contribution in [0.5, 0.6) is 0 Å². The van der Waals surface area contributed by atoms with Crippen LogP contribution in [-0.4, -0.2) is 28.2 Å². The van der Waals surface area contributed by atoms with Crippen LogP contribution in [0.4, 0.5) is 0 Å². The molecular weight excluding hydrogens is 310 g/mol. The topological polar surface area (TPSA) is 60.0 Å². The number of aromatic nitrogens is 3. The van der Waals surface area contributed by atoms with Gasteiger partial charge in [-0.3, -0.25) is 0 Å². The lowest BCUT2D eigenvalue weighted by Crippen LogP contribution is -2.41. The smallest absolute Gasteiger partial charge is 0.203 e. The Labute approximate surface area is 119 Å². The van der Waals surface area contributed by atoms with E-state index in [9.17, 15) is 0 Å². The van der Waals surface area contributed by atoms with Crippen molar-refractivity contribution in [2.75, 3.05) is 13.2 Å². The monoisotopic (exact) mass is 325 g/mol. The molecule has 0 radical (unpaired) electrons. The maximum atomic E-state index is 5.97. The van der Waals surface area contributed by atoms with Crippen molar-refractivity contribution in [2.45, 2.75) is 26.6 Å². The van der Waals surface area contributed by atoms with E-state index in [-0.39, 0.29) is 5.41 Å². The number of fused-ring (bicyclic) bond motifs is 1. The molecule has 1 N–H and O–H groups in total. The van der Waals surface area contributed by atoms with Gasteiger partial charge in [-0.2, -0.15) is 0 Å². The average molecular weight is 326 g/mol.